The van der Waals surface area contributed by atoms with Crippen LogP contribution in [0.15, 0.2) is 35.7 Å². The summed E-state index contributed by atoms with van der Waals surface area (Å²) in [5.41, 5.74) is 1.98. The molecule has 0 unspecified atom stereocenters. The number of rotatable bonds is 7. The van der Waals surface area contributed by atoms with Crippen LogP contribution in [-0.2, 0) is 21.2 Å². The average Bonchev–Trinajstić information content (AvgIpc) is 2.95. The van der Waals surface area contributed by atoms with Crippen molar-refractivity contribution in [3.05, 3.63) is 40.7 Å². The number of nitrogens with one attached hydrogen (secondary N) is 2. The minimum atomic E-state index is -3.39. The molecule has 0 saturated heterocycles. The maximum Gasteiger partial charge on any atom is 0.237 e. The average molecular weight is 353 g/mol. The van der Waals surface area contributed by atoms with E-state index in [0.717, 1.165) is 22.5 Å². The van der Waals surface area contributed by atoms with Crippen molar-refractivity contribution in [1.29, 1.82) is 0 Å². The zero-order chi connectivity index (χ0) is 16.9. The zero-order valence-electron chi connectivity index (χ0n) is 12.9. The Balaban J connectivity index is 1.83. The summed E-state index contributed by atoms with van der Waals surface area (Å²) in [5.74, 6) is -0.352. The third kappa shape index (κ3) is 5.74. The van der Waals surface area contributed by atoms with E-state index in [2.05, 4.69) is 15.0 Å². The summed E-state index contributed by atoms with van der Waals surface area (Å²) < 4.78 is 24.4. The van der Waals surface area contributed by atoms with Crippen molar-refractivity contribution in [2.45, 2.75) is 19.4 Å². The van der Waals surface area contributed by atoms with Gasteiger partial charge in [0.2, 0.25) is 15.9 Å². The van der Waals surface area contributed by atoms with Crippen molar-refractivity contribution < 1.29 is 13.2 Å². The smallest absolute Gasteiger partial charge is 0.237 e. The molecule has 2 rings (SSSR count). The SMILES string of the molecule is C[C@@H](NS(C)(=O)=O)C(=O)NCCc1nc(-c2ccccc2)cs1. The van der Waals surface area contributed by atoms with E-state index < -0.39 is 16.1 Å². The van der Waals surface area contributed by atoms with Gasteiger partial charge in [-0.2, -0.15) is 0 Å². The Morgan fingerprint density at radius 1 is 1.30 bits per heavy atom. The Kier molecular flexibility index (Phi) is 5.86. The van der Waals surface area contributed by atoms with Crippen LogP contribution in [0.3, 0.4) is 0 Å². The number of hydrogen-bond acceptors (Lipinski definition) is 5. The third-order valence-corrected chi connectivity index (χ3v) is 4.73. The van der Waals surface area contributed by atoms with Crippen LogP contribution < -0.4 is 10.0 Å². The molecule has 1 heterocycles. The van der Waals surface area contributed by atoms with Crippen molar-refractivity contribution in [2.24, 2.45) is 0 Å². The van der Waals surface area contributed by atoms with E-state index in [4.69, 9.17) is 0 Å². The van der Waals surface area contributed by atoms with Crippen LogP contribution in [-0.4, -0.2) is 38.2 Å². The molecule has 6 nitrogen and oxygen atoms in total. The first kappa shape index (κ1) is 17.6. The van der Waals surface area contributed by atoms with Crippen molar-refractivity contribution in [1.82, 2.24) is 15.0 Å². The second-order valence-corrected chi connectivity index (χ2v) is 7.87. The molecule has 0 saturated carbocycles. The van der Waals surface area contributed by atoms with Crippen LogP contribution in [0, 0.1) is 0 Å². The van der Waals surface area contributed by atoms with Crippen molar-refractivity contribution in [3.63, 3.8) is 0 Å². The normalized spacial score (nSPS) is 12.8. The molecule has 0 aliphatic rings. The molecule has 1 aromatic heterocycles. The molecule has 0 aliphatic heterocycles. The third-order valence-electron chi connectivity index (χ3n) is 3.04. The lowest BCUT2D eigenvalue weighted by Crippen LogP contribution is -2.44. The number of thiazole rings is 1. The molecule has 0 spiro atoms. The van der Waals surface area contributed by atoms with Crippen molar-refractivity contribution in [3.8, 4) is 11.3 Å². The summed E-state index contributed by atoms with van der Waals surface area (Å²) in [6.45, 7) is 1.92. The molecule has 124 valence electrons. The lowest BCUT2D eigenvalue weighted by Gasteiger charge is -2.12. The van der Waals surface area contributed by atoms with Gasteiger partial charge >= 0.3 is 0 Å². The molecular weight excluding hydrogens is 334 g/mol. The fraction of sp³-hybridized carbons (Fsp3) is 0.333. The van der Waals surface area contributed by atoms with Gasteiger partial charge in [0.15, 0.2) is 0 Å². The number of hydrogen-bond donors (Lipinski definition) is 2. The Morgan fingerprint density at radius 3 is 2.65 bits per heavy atom. The number of carbonyl (C=O) groups excluding carboxylic acids is 1. The topological polar surface area (TPSA) is 88.2 Å². The Hall–Kier alpha value is -1.77. The molecule has 0 fully saturated rings. The number of nitrogens with zero attached hydrogens (tertiary/aromatic N) is 1. The number of amides is 1. The fourth-order valence-corrected chi connectivity index (χ4v) is 3.54. The zero-order valence-corrected chi connectivity index (χ0v) is 14.6. The van der Waals surface area contributed by atoms with Crippen molar-refractivity contribution in [2.75, 3.05) is 12.8 Å². The molecule has 0 aliphatic carbocycles. The minimum absolute atomic E-state index is 0.352. The highest BCUT2D eigenvalue weighted by molar-refractivity contribution is 7.88. The van der Waals surface area contributed by atoms with E-state index in [1.165, 1.54) is 6.92 Å². The first-order valence-corrected chi connectivity index (χ1v) is 9.87. The van der Waals surface area contributed by atoms with Gasteiger partial charge in [-0.15, -0.1) is 11.3 Å². The van der Waals surface area contributed by atoms with Gasteiger partial charge in [-0.3, -0.25) is 4.79 Å². The van der Waals surface area contributed by atoms with Gasteiger partial charge in [0.25, 0.3) is 0 Å². The minimum Gasteiger partial charge on any atom is -0.354 e. The highest BCUT2D eigenvalue weighted by atomic mass is 32.2. The molecule has 0 bridgehead atoms. The number of sulfonamides is 1. The summed E-state index contributed by atoms with van der Waals surface area (Å²) in [6.07, 6.45) is 1.63. The quantitative estimate of drug-likeness (QED) is 0.788. The van der Waals surface area contributed by atoms with Gasteiger partial charge < -0.3 is 5.32 Å². The van der Waals surface area contributed by atoms with E-state index >= 15 is 0 Å². The van der Waals surface area contributed by atoms with Crippen LogP contribution in [0.5, 0.6) is 0 Å². The number of aromatic nitrogens is 1. The largest absolute Gasteiger partial charge is 0.354 e. The molecule has 1 amide bonds. The molecule has 2 N–H and O–H groups in total. The Labute approximate surface area is 140 Å². The van der Waals surface area contributed by atoms with Gasteiger partial charge in [-0.1, -0.05) is 30.3 Å². The molecule has 8 heteroatoms. The van der Waals surface area contributed by atoms with Gasteiger partial charge in [-0.05, 0) is 6.92 Å². The van der Waals surface area contributed by atoms with Crippen LogP contribution in [0.4, 0.5) is 0 Å². The van der Waals surface area contributed by atoms with E-state index in [-0.39, 0.29) is 5.91 Å². The molecule has 1 atom stereocenters. The molecule has 2 aromatic rings. The van der Waals surface area contributed by atoms with Gasteiger partial charge in [-0.25, -0.2) is 18.1 Å². The number of carbonyl (C=O) groups is 1. The van der Waals surface area contributed by atoms with E-state index in [1.807, 2.05) is 35.7 Å². The van der Waals surface area contributed by atoms with Crippen LogP contribution in [0.25, 0.3) is 11.3 Å². The summed E-state index contributed by atoms with van der Waals surface area (Å²) in [7, 11) is -3.39. The van der Waals surface area contributed by atoms with Gasteiger partial charge in [0.05, 0.1) is 23.0 Å². The van der Waals surface area contributed by atoms with E-state index in [0.29, 0.717) is 13.0 Å². The van der Waals surface area contributed by atoms with E-state index in [1.54, 1.807) is 11.3 Å². The van der Waals surface area contributed by atoms with E-state index in [9.17, 15) is 13.2 Å². The fourth-order valence-electron chi connectivity index (χ4n) is 1.99. The van der Waals surface area contributed by atoms with Gasteiger partial charge in [0, 0.05) is 23.9 Å². The summed E-state index contributed by atoms with van der Waals surface area (Å²) >= 11 is 1.54. The Morgan fingerprint density at radius 2 is 2.00 bits per heavy atom. The predicted molar refractivity (Wildman–Crippen MR) is 91.7 cm³/mol. The standard InChI is InChI=1S/C15H19N3O3S2/c1-11(18-23(2,20)21)15(19)16-9-8-14-17-13(10-22-14)12-6-4-3-5-7-12/h3-7,10-11,18H,8-9H2,1-2H3,(H,16,19)/t11-/m1/s1. The van der Waals surface area contributed by atoms with Crippen LogP contribution in [0.2, 0.25) is 0 Å². The highest BCUT2D eigenvalue weighted by Crippen LogP contribution is 2.21. The first-order valence-electron chi connectivity index (χ1n) is 7.10. The lowest BCUT2D eigenvalue weighted by atomic mass is 10.2. The van der Waals surface area contributed by atoms with Crippen LogP contribution >= 0.6 is 11.3 Å². The highest BCUT2D eigenvalue weighted by Gasteiger charge is 2.16. The van der Waals surface area contributed by atoms with Crippen molar-refractivity contribution >= 4 is 27.3 Å². The maximum atomic E-state index is 11.8. The summed E-state index contributed by atoms with van der Waals surface area (Å²) in [4.78, 5) is 16.3. The second kappa shape index (κ2) is 7.67. The summed E-state index contributed by atoms with van der Waals surface area (Å²) in [6, 6.07) is 9.09. The Bertz CT molecular complexity index is 757. The molecule has 1 aromatic carbocycles. The first-order chi connectivity index (χ1) is 10.8. The van der Waals surface area contributed by atoms with Crippen LogP contribution in [0.1, 0.15) is 11.9 Å². The molecular formula is C15H19N3O3S2. The maximum absolute atomic E-state index is 11.8. The van der Waals surface area contributed by atoms with Gasteiger partial charge in [0.1, 0.15) is 0 Å². The number of benzene rings is 1. The monoisotopic (exact) mass is 353 g/mol. The molecule has 23 heavy (non-hydrogen) atoms. The molecule has 0 radical (unpaired) electrons. The lowest BCUT2D eigenvalue weighted by molar-refractivity contribution is -0.122. The second-order valence-electron chi connectivity index (χ2n) is 5.15. The predicted octanol–water partition coefficient (Wildman–Crippen LogP) is 1.41. The summed E-state index contributed by atoms with van der Waals surface area (Å²) in [5, 5.41) is 5.61.